The van der Waals surface area contributed by atoms with Gasteiger partial charge < -0.3 is 25.6 Å². The van der Waals surface area contributed by atoms with Gasteiger partial charge in [-0.15, -0.1) is 0 Å². The maximum Gasteiger partial charge on any atom is 0.326 e. The molecule has 0 bridgehead atoms. The minimum Gasteiger partial charge on any atom is -0.481 e. The Labute approximate surface area is 242 Å². The lowest BCUT2D eigenvalue weighted by molar-refractivity contribution is -0.142. The first-order valence-electron chi connectivity index (χ1n) is 15.2. The predicted octanol–water partition coefficient (Wildman–Crippen LogP) is 4.90. The lowest BCUT2D eigenvalue weighted by atomic mass is 10.0. The first-order valence-corrected chi connectivity index (χ1v) is 15.8. The molecule has 0 rings (SSSR count). The van der Waals surface area contributed by atoms with Crippen molar-refractivity contribution in [2.24, 2.45) is 0 Å². The molecule has 10 nitrogen and oxygen atoms in total. The maximum atomic E-state index is 12.2. The van der Waals surface area contributed by atoms with E-state index in [0.29, 0.717) is 19.4 Å². The summed E-state index contributed by atoms with van der Waals surface area (Å²) in [5, 5.41) is 26.1. The van der Waals surface area contributed by atoms with E-state index in [2.05, 4.69) is 25.1 Å². The number of unbranched alkanes of at least 4 members (excludes halogenated alkanes) is 14. The fraction of sp³-hybridized carbons (Fsp3) is 0.828. The van der Waals surface area contributed by atoms with Gasteiger partial charge in [0, 0.05) is 25.8 Å². The number of amides is 2. The lowest BCUT2D eigenvalue weighted by Crippen LogP contribution is -2.41. The van der Waals surface area contributed by atoms with Crippen LogP contribution in [-0.2, 0) is 24.0 Å². The molecule has 5 N–H and O–H groups in total. The molecule has 0 aromatic rings. The van der Waals surface area contributed by atoms with Gasteiger partial charge in [-0.1, -0.05) is 86.4 Å². The van der Waals surface area contributed by atoms with Crippen molar-refractivity contribution in [1.29, 1.82) is 0 Å². The minimum atomic E-state index is -1.14. The Balaban J connectivity index is 3.69. The average molecular weight is 588 g/mol. The zero-order valence-electron chi connectivity index (χ0n) is 24.3. The standard InChI is InChI=1S/C29H54N3O7P/c33-23-24(32-40)17-15-16-22-30-26(34)21-20-25(29(38)39)31-27(35)18-13-11-9-7-5-3-1-2-4-6-8-10-12-14-19-28(36)37/h23-25,32H,1-22,40H2,(H,30,34)(H,31,35)(H,36,37)(H,38,39)/t24?,25-/m0/s1. The molecular formula is C29H54N3O7P. The van der Waals surface area contributed by atoms with Gasteiger partial charge in [-0.25, -0.2) is 4.79 Å². The van der Waals surface area contributed by atoms with Crippen molar-refractivity contribution in [2.45, 2.75) is 147 Å². The SMILES string of the molecule is O=CC(CCCCNC(=O)CC[C@H](NC(=O)CCCCCCCCCCCCCCCCC(=O)O)C(=O)O)NP. The predicted molar refractivity (Wildman–Crippen MR) is 160 cm³/mol. The number of hydrogen-bond acceptors (Lipinski definition) is 6. The zero-order valence-corrected chi connectivity index (χ0v) is 25.5. The van der Waals surface area contributed by atoms with Gasteiger partial charge in [0.2, 0.25) is 11.8 Å². The van der Waals surface area contributed by atoms with Crippen LogP contribution in [0, 0.1) is 0 Å². The topological polar surface area (TPSA) is 162 Å². The molecule has 0 aliphatic rings. The molecule has 0 heterocycles. The normalized spacial score (nSPS) is 12.4. The molecule has 11 heteroatoms. The Morgan fingerprint density at radius 2 is 1.12 bits per heavy atom. The van der Waals surface area contributed by atoms with Crippen LogP contribution < -0.4 is 15.7 Å². The first-order chi connectivity index (χ1) is 19.3. The van der Waals surface area contributed by atoms with Crippen LogP contribution in [-0.4, -0.2) is 58.9 Å². The van der Waals surface area contributed by atoms with Crippen molar-refractivity contribution < 1.29 is 34.2 Å². The van der Waals surface area contributed by atoms with E-state index in [-0.39, 0.29) is 37.1 Å². The number of hydrogen-bond donors (Lipinski definition) is 5. The van der Waals surface area contributed by atoms with Crippen LogP contribution in [0.25, 0.3) is 0 Å². The monoisotopic (exact) mass is 587 g/mol. The number of rotatable bonds is 29. The van der Waals surface area contributed by atoms with E-state index in [1.165, 1.54) is 44.9 Å². The number of aliphatic carboxylic acids is 2. The molecule has 0 saturated carbocycles. The van der Waals surface area contributed by atoms with Crippen molar-refractivity contribution in [3.8, 4) is 0 Å². The number of carbonyl (C=O) groups excluding carboxylic acids is 3. The molecule has 0 aliphatic heterocycles. The third-order valence-corrected chi connectivity index (χ3v) is 7.41. The second-order valence-corrected chi connectivity index (χ2v) is 10.9. The van der Waals surface area contributed by atoms with E-state index in [4.69, 9.17) is 5.11 Å². The average Bonchev–Trinajstić information content (AvgIpc) is 2.92. The van der Waals surface area contributed by atoms with Crippen molar-refractivity contribution in [3.63, 3.8) is 0 Å². The van der Waals surface area contributed by atoms with Gasteiger partial charge in [0.1, 0.15) is 12.3 Å². The molecule has 0 fully saturated rings. The highest BCUT2D eigenvalue weighted by Gasteiger charge is 2.20. The number of carboxylic acid groups (broad SMARTS) is 2. The van der Waals surface area contributed by atoms with E-state index in [1.54, 1.807) is 0 Å². The van der Waals surface area contributed by atoms with Crippen LogP contribution in [0.1, 0.15) is 135 Å². The highest BCUT2D eigenvalue weighted by molar-refractivity contribution is 7.13. The summed E-state index contributed by atoms with van der Waals surface area (Å²) >= 11 is 0. The summed E-state index contributed by atoms with van der Waals surface area (Å²) in [6.07, 6.45) is 19.0. The molecule has 2 amide bonds. The van der Waals surface area contributed by atoms with Crippen molar-refractivity contribution in [3.05, 3.63) is 0 Å². The molecule has 232 valence electrons. The van der Waals surface area contributed by atoms with E-state index >= 15 is 0 Å². The van der Waals surface area contributed by atoms with Crippen molar-refractivity contribution >= 4 is 39.4 Å². The van der Waals surface area contributed by atoms with Gasteiger partial charge in [0.15, 0.2) is 0 Å². The summed E-state index contributed by atoms with van der Waals surface area (Å²) < 4.78 is 0. The van der Waals surface area contributed by atoms with E-state index in [9.17, 15) is 29.1 Å². The highest BCUT2D eigenvalue weighted by atomic mass is 31.0. The fourth-order valence-electron chi connectivity index (χ4n) is 4.48. The molecule has 0 spiro atoms. The number of nitrogens with one attached hydrogen (secondary N) is 3. The Hall–Kier alpha value is -2.06. The summed E-state index contributed by atoms with van der Waals surface area (Å²) in [6.45, 7) is 0.462. The van der Waals surface area contributed by atoms with Gasteiger partial charge in [-0.2, -0.15) is 0 Å². The molecule has 40 heavy (non-hydrogen) atoms. The Bertz CT molecular complexity index is 709. The molecule has 0 aromatic carbocycles. The van der Waals surface area contributed by atoms with Gasteiger partial charge in [0.25, 0.3) is 0 Å². The summed E-state index contributed by atoms with van der Waals surface area (Å²) in [5.74, 6) is -2.38. The van der Waals surface area contributed by atoms with Gasteiger partial charge >= 0.3 is 11.9 Å². The largest absolute Gasteiger partial charge is 0.481 e. The Kier molecular flexibility index (Phi) is 25.7. The van der Waals surface area contributed by atoms with Crippen LogP contribution in [0.15, 0.2) is 0 Å². The number of carboxylic acids is 2. The smallest absolute Gasteiger partial charge is 0.326 e. The molecule has 0 radical (unpaired) electrons. The fourth-order valence-corrected chi connectivity index (χ4v) is 4.72. The lowest BCUT2D eigenvalue weighted by Gasteiger charge is -2.14. The maximum absolute atomic E-state index is 12.2. The van der Waals surface area contributed by atoms with Crippen LogP contribution in [0.3, 0.4) is 0 Å². The minimum absolute atomic E-state index is 0.0238. The molecule has 0 aromatic heterocycles. The van der Waals surface area contributed by atoms with Crippen LogP contribution in [0.4, 0.5) is 0 Å². The Morgan fingerprint density at radius 3 is 1.57 bits per heavy atom. The molecule has 3 atom stereocenters. The second-order valence-electron chi connectivity index (χ2n) is 10.6. The van der Waals surface area contributed by atoms with Crippen LogP contribution >= 0.6 is 9.39 Å². The summed E-state index contributed by atoms with van der Waals surface area (Å²) in [4.78, 5) is 56.9. The van der Waals surface area contributed by atoms with Crippen molar-refractivity contribution in [2.75, 3.05) is 6.54 Å². The molecular weight excluding hydrogens is 533 g/mol. The van der Waals surface area contributed by atoms with Gasteiger partial charge in [-0.05, 0) is 38.5 Å². The van der Waals surface area contributed by atoms with Gasteiger partial charge in [-0.3, -0.25) is 19.5 Å². The summed E-state index contributed by atoms with van der Waals surface area (Å²) in [5.41, 5.74) is 0. The van der Waals surface area contributed by atoms with E-state index in [0.717, 1.165) is 64.1 Å². The number of carbonyl (C=O) groups is 5. The third-order valence-electron chi connectivity index (χ3n) is 6.98. The zero-order chi connectivity index (χ0) is 29.8. The van der Waals surface area contributed by atoms with E-state index < -0.39 is 18.0 Å². The van der Waals surface area contributed by atoms with Crippen LogP contribution in [0.5, 0.6) is 0 Å². The summed E-state index contributed by atoms with van der Waals surface area (Å²) in [7, 11) is 2.31. The first kappa shape index (κ1) is 37.9. The highest BCUT2D eigenvalue weighted by Crippen LogP contribution is 2.14. The van der Waals surface area contributed by atoms with Crippen LogP contribution in [0.2, 0.25) is 0 Å². The van der Waals surface area contributed by atoms with Crippen molar-refractivity contribution in [1.82, 2.24) is 15.7 Å². The summed E-state index contributed by atoms with van der Waals surface area (Å²) in [6, 6.07) is -1.29. The quantitative estimate of drug-likeness (QED) is 0.0469. The van der Waals surface area contributed by atoms with E-state index in [1.807, 2.05) is 0 Å². The third kappa shape index (κ3) is 24.9. The molecule has 0 aliphatic carbocycles. The number of aldehydes is 1. The molecule has 0 saturated heterocycles. The Morgan fingerprint density at radius 1 is 0.625 bits per heavy atom. The second kappa shape index (κ2) is 27.1. The molecule has 2 unspecified atom stereocenters. The van der Waals surface area contributed by atoms with Gasteiger partial charge in [0.05, 0.1) is 6.04 Å².